The summed E-state index contributed by atoms with van der Waals surface area (Å²) in [5, 5.41) is 2.02. The van der Waals surface area contributed by atoms with Crippen LogP contribution in [0.2, 0.25) is 5.02 Å². The number of ether oxygens (including phenoxy) is 2. The minimum absolute atomic E-state index is 0.0563. The number of nitrogens with two attached hydrogens (primary N) is 1. The Labute approximate surface area is 201 Å². The molecule has 4 aromatic rings. The van der Waals surface area contributed by atoms with E-state index in [4.69, 9.17) is 26.8 Å². The summed E-state index contributed by atoms with van der Waals surface area (Å²) < 4.78 is 29.6. The molecule has 8 heteroatoms. The molecule has 3 atom stereocenters. The average Bonchev–Trinajstić information content (AvgIpc) is 3.44. The summed E-state index contributed by atoms with van der Waals surface area (Å²) in [6.45, 7) is 3.85. The molecule has 2 aliphatic rings. The first-order valence-electron chi connectivity index (χ1n) is 11.3. The fraction of sp³-hybridized carbons (Fsp3) is 0.308. The average molecular weight is 479 g/mol. The van der Waals surface area contributed by atoms with Crippen LogP contribution in [0.1, 0.15) is 31.9 Å². The van der Waals surface area contributed by atoms with Crippen molar-refractivity contribution >= 4 is 39.4 Å². The molecule has 1 fully saturated rings. The van der Waals surface area contributed by atoms with Crippen LogP contribution >= 0.6 is 11.6 Å². The van der Waals surface area contributed by atoms with Gasteiger partial charge in [0.2, 0.25) is 0 Å². The van der Waals surface area contributed by atoms with Gasteiger partial charge >= 0.3 is 0 Å². The molecule has 1 aliphatic heterocycles. The van der Waals surface area contributed by atoms with Crippen LogP contribution in [0.25, 0.3) is 21.9 Å². The molecular weight excluding hydrogens is 455 g/mol. The molecule has 4 heterocycles. The van der Waals surface area contributed by atoms with E-state index in [1.54, 1.807) is 18.3 Å². The summed E-state index contributed by atoms with van der Waals surface area (Å²) in [6, 6.07) is 10.8. The van der Waals surface area contributed by atoms with Gasteiger partial charge in [-0.3, -0.25) is 0 Å². The van der Waals surface area contributed by atoms with Gasteiger partial charge in [-0.05, 0) is 74.2 Å². The predicted octanol–water partition coefficient (Wildman–Crippen LogP) is 5.59. The van der Waals surface area contributed by atoms with E-state index in [1.807, 2.05) is 32.2 Å². The Hall–Kier alpha value is -3.00. The van der Waals surface area contributed by atoms with E-state index in [2.05, 4.69) is 26.7 Å². The molecule has 3 aromatic heterocycles. The Morgan fingerprint density at radius 3 is 2.85 bits per heavy atom. The minimum Gasteiger partial charge on any atom is -0.382 e. The fourth-order valence-corrected chi connectivity index (χ4v) is 5.28. The van der Waals surface area contributed by atoms with E-state index in [0.29, 0.717) is 34.3 Å². The van der Waals surface area contributed by atoms with Crippen LogP contribution in [0.3, 0.4) is 0 Å². The molecule has 34 heavy (non-hydrogen) atoms. The van der Waals surface area contributed by atoms with Gasteiger partial charge in [0.15, 0.2) is 5.79 Å². The Balaban J connectivity index is 1.32. The molecule has 2 N–H and O–H groups in total. The lowest BCUT2D eigenvalue weighted by molar-refractivity contribution is -0.147. The topological polar surface area (TPSA) is 75.2 Å². The molecule has 1 aromatic carbocycles. The highest BCUT2D eigenvalue weighted by Crippen LogP contribution is 2.45. The Morgan fingerprint density at radius 1 is 1.15 bits per heavy atom. The van der Waals surface area contributed by atoms with Crippen molar-refractivity contribution in [1.82, 2.24) is 14.5 Å². The van der Waals surface area contributed by atoms with Crippen LogP contribution in [0.15, 0.2) is 60.4 Å². The van der Waals surface area contributed by atoms with E-state index in [1.165, 1.54) is 6.07 Å². The molecule has 0 saturated carbocycles. The maximum Gasteiger partial charge on any atom is 0.164 e. The van der Waals surface area contributed by atoms with Crippen LogP contribution in [0.4, 0.5) is 10.2 Å². The quantitative estimate of drug-likeness (QED) is 0.387. The van der Waals surface area contributed by atoms with Crippen molar-refractivity contribution in [2.24, 2.45) is 0 Å². The number of nitrogens with zero attached hydrogens (tertiary/aromatic N) is 3. The molecule has 174 valence electrons. The molecule has 0 spiro atoms. The highest BCUT2D eigenvalue weighted by atomic mass is 35.5. The maximum atomic E-state index is 14.9. The first kappa shape index (κ1) is 21.5. The summed E-state index contributed by atoms with van der Waals surface area (Å²) in [5.74, 6) is -0.744. The zero-order chi connectivity index (χ0) is 23.6. The van der Waals surface area contributed by atoms with E-state index < -0.39 is 5.79 Å². The third-order valence-electron chi connectivity index (χ3n) is 6.66. The standard InChI is InChI=1S/C26H24ClFN4O2/c1-26(2)33-22-16(6-5-15-12-20-17(11-19(15)28)10-18(27)24(29)31-20)13-21(23(22)34-26)32-9-7-14-4-3-8-30-25(14)32/h3-4,7-13,21-23H,5-6H2,1-2H3,(H2,29,31)/t21-,22-,23+/m1/s1. The number of benzene rings is 1. The molecule has 6 nitrogen and oxygen atoms in total. The normalized spacial score (nSPS) is 23.5. The van der Waals surface area contributed by atoms with Gasteiger partial charge in [-0.25, -0.2) is 14.4 Å². The van der Waals surface area contributed by atoms with Gasteiger partial charge in [-0.2, -0.15) is 0 Å². The fourth-order valence-electron chi connectivity index (χ4n) is 5.12. The van der Waals surface area contributed by atoms with Gasteiger partial charge in [-0.15, -0.1) is 0 Å². The smallest absolute Gasteiger partial charge is 0.164 e. The van der Waals surface area contributed by atoms with E-state index >= 15 is 0 Å². The molecule has 0 unspecified atom stereocenters. The molecule has 6 rings (SSSR count). The summed E-state index contributed by atoms with van der Waals surface area (Å²) in [7, 11) is 0. The van der Waals surface area contributed by atoms with Gasteiger partial charge in [-0.1, -0.05) is 17.7 Å². The predicted molar refractivity (Wildman–Crippen MR) is 130 cm³/mol. The Morgan fingerprint density at radius 2 is 2.00 bits per heavy atom. The Bertz CT molecular complexity index is 1460. The summed E-state index contributed by atoms with van der Waals surface area (Å²) in [5.41, 5.74) is 9.05. The van der Waals surface area contributed by atoms with Crippen molar-refractivity contribution in [2.45, 2.75) is 50.7 Å². The van der Waals surface area contributed by atoms with Gasteiger partial charge in [0.05, 0.1) is 16.6 Å². The van der Waals surface area contributed by atoms with E-state index in [-0.39, 0.29) is 29.9 Å². The second-order valence-electron chi connectivity index (χ2n) is 9.38. The Kier molecular flexibility index (Phi) is 4.92. The number of fused-ring (bicyclic) bond motifs is 3. The molecule has 1 saturated heterocycles. The van der Waals surface area contributed by atoms with Crippen LogP contribution in [-0.2, 0) is 15.9 Å². The molecule has 0 bridgehead atoms. The number of hydrogen-bond acceptors (Lipinski definition) is 5. The lowest BCUT2D eigenvalue weighted by Gasteiger charge is -2.22. The van der Waals surface area contributed by atoms with Gasteiger partial charge in [0.25, 0.3) is 0 Å². The minimum atomic E-state index is -0.696. The maximum absolute atomic E-state index is 14.9. The number of pyridine rings is 2. The van der Waals surface area contributed by atoms with Gasteiger partial charge < -0.3 is 19.8 Å². The highest BCUT2D eigenvalue weighted by Gasteiger charge is 2.50. The van der Waals surface area contributed by atoms with E-state index in [9.17, 15) is 4.39 Å². The van der Waals surface area contributed by atoms with Crippen LogP contribution < -0.4 is 5.73 Å². The number of aromatic nitrogens is 3. The third-order valence-corrected chi connectivity index (χ3v) is 6.96. The van der Waals surface area contributed by atoms with Gasteiger partial charge in [0.1, 0.15) is 29.5 Å². The molecule has 1 aliphatic carbocycles. The number of rotatable bonds is 4. The van der Waals surface area contributed by atoms with E-state index in [0.717, 1.165) is 16.6 Å². The van der Waals surface area contributed by atoms with Crippen LogP contribution in [-0.4, -0.2) is 32.5 Å². The van der Waals surface area contributed by atoms with Crippen molar-refractivity contribution in [1.29, 1.82) is 0 Å². The zero-order valence-electron chi connectivity index (χ0n) is 18.8. The SMILES string of the molecule is CC1(C)O[C@@H]2[C@H](O1)C(CCc1cc3nc(N)c(Cl)cc3cc1F)=C[C@H]2n1ccc2cccnc21. The second-order valence-corrected chi connectivity index (χ2v) is 9.79. The van der Waals surface area contributed by atoms with Crippen molar-refractivity contribution in [3.05, 3.63) is 76.8 Å². The first-order valence-corrected chi connectivity index (χ1v) is 11.7. The van der Waals surface area contributed by atoms with Crippen LogP contribution in [0, 0.1) is 5.82 Å². The lowest BCUT2D eigenvalue weighted by Crippen LogP contribution is -2.27. The summed E-state index contributed by atoms with van der Waals surface area (Å²) >= 11 is 6.04. The number of nitrogen functional groups attached to an aromatic ring is 1. The van der Waals surface area contributed by atoms with Gasteiger partial charge in [0, 0.05) is 23.2 Å². The lowest BCUT2D eigenvalue weighted by atomic mass is 10.0. The number of anilines is 1. The van der Waals surface area contributed by atoms with Crippen molar-refractivity contribution < 1.29 is 13.9 Å². The largest absolute Gasteiger partial charge is 0.382 e. The van der Waals surface area contributed by atoms with Crippen LogP contribution in [0.5, 0.6) is 0 Å². The first-order chi connectivity index (χ1) is 16.3. The third kappa shape index (κ3) is 3.55. The molecular formula is C26H24ClFN4O2. The second kappa shape index (κ2) is 7.77. The van der Waals surface area contributed by atoms with Crippen molar-refractivity contribution in [2.75, 3.05) is 5.73 Å². The summed E-state index contributed by atoms with van der Waals surface area (Å²) in [4.78, 5) is 8.88. The molecule has 0 radical (unpaired) electrons. The summed E-state index contributed by atoms with van der Waals surface area (Å²) in [6.07, 6.45) is 6.79. The number of aryl methyl sites for hydroxylation is 1. The monoisotopic (exact) mass is 478 g/mol. The van der Waals surface area contributed by atoms with Crippen molar-refractivity contribution in [3.8, 4) is 0 Å². The number of halogens is 2. The highest BCUT2D eigenvalue weighted by molar-refractivity contribution is 6.33. The number of hydrogen-bond donors (Lipinski definition) is 1. The zero-order valence-corrected chi connectivity index (χ0v) is 19.6. The van der Waals surface area contributed by atoms with Crippen molar-refractivity contribution in [3.63, 3.8) is 0 Å². The molecule has 0 amide bonds.